The average molecular weight is 456 g/mol. The van der Waals surface area contributed by atoms with E-state index in [4.69, 9.17) is 0 Å². The van der Waals surface area contributed by atoms with Crippen LogP contribution in [-0.2, 0) is 0 Å². The van der Waals surface area contributed by atoms with Crippen LogP contribution in [0.25, 0.3) is 0 Å². The van der Waals surface area contributed by atoms with Crippen molar-refractivity contribution in [2.75, 3.05) is 4.90 Å². The fourth-order valence-corrected chi connectivity index (χ4v) is 6.88. The van der Waals surface area contributed by atoms with Gasteiger partial charge < -0.3 is 0 Å². The summed E-state index contributed by atoms with van der Waals surface area (Å²) >= 11 is 3.49. The van der Waals surface area contributed by atoms with Crippen molar-refractivity contribution in [3.05, 3.63) is 121 Å². The molecule has 0 saturated carbocycles. The number of anilines is 2. The van der Waals surface area contributed by atoms with Crippen LogP contribution in [0.4, 0.5) is 11.4 Å². The van der Waals surface area contributed by atoms with Crippen molar-refractivity contribution in [2.45, 2.75) is 0 Å². The second-order valence-corrected chi connectivity index (χ2v) is 12.4. The van der Waals surface area contributed by atoms with Crippen LogP contribution >= 0.6 is 5.51 Å². The summed E-state index contributed by atoms with van der Waals surface area (Å²) in [5.41, 5.74) is 3.77. The molecule has 0 bridgehead atoms. The van der Waals surface area contributed by atoms with Crippen LogP contribution in [0.2, 0.25) is 0 Å². The molecule has 140 valence electrons. The molecule has 0 radical (unpaired) electrons. The molecular weight excluding hydrogens is 436 g/mol. The van der Waals surface area contributed by atoms with Crippen molar-refractivity contribution in [3.63, 3.8) is 0 Å². The zero-order valence-corrected chi connectivity index (χ0v) is 18.5. The molecule has 4 rings (SSSR count). The van der Waals surface area contributed by atoms with Gasteiger partial charge >= 0.3 is 181 Å². The van der Waals surface area contributed by atoms with E-state index < -0.39 is 5.51 Å². The van der Waals surface area contributed by atoms with Gasteiger partial charge in [0.2, 0.25) is 0 Å². The zero-order valence-electron chi connectivity index (χ0n) is 15.8. The number of benzene rings is 4. The number of para-hydroxylation sites is 2. The van der Waals surface area contributed by atoms with Gasteiger partial charge in [-0.1, -0.05) is 0 Å². The topological polar surface area (TPSA) is 3.24 Å². The van der Waals surface area contributed by atoms with E-state index >= 15 is 0 Å². The molecule has 0 saturated heterocycles. The first-order valence-electron chi connectivity index (χ1n) is 9.42. The van der Waals surface area contributed by atoms with E-state index in [0.29, 0.717) is 0 Å². The third-order valence-electron chi connectivity index (χ3n) is 4.59. The summed E-state index contributed by atoms with van der Waals surface area (Å²) in [6, 6.07) is 45.2. The Hall–Kier alpha value is -2.81. The van der Waals surface area contributed by atoms with Crippen molar-refractivity contribution in [1.29, 1.82) is 0 Å². The second kappa shape index (κ2) is 9.13. The monoisotopic (exact) mass is 457 g/mol. The van der Waals surface area contributed by atoms with Gasteiger partial charge in [0.25, 0.3) is 0 Å². The first kappa shape index (κ1) is 19.5. The van der Waals surface area contributed by atoms with E-state index in [0.717, 1.165) is 11.4 Å². The fourth-order valence-electron chi connectivity index (χ4n) is 3.11. The molecule has 0 atom stereocenters. The maximum atomic E-state index is 3.66. The molecule has 0 aliphatic rings. The normalized spacial score (nSPS) is 10.6. The summed E-state index contributed by atoms with van der Waals surface area (Å²) in [6.07, 6.45) is 0. The Labute approximate surface area is 180 Å². The Balaban J connectivity index is 1.86. The van der Waals surface area contributed by atoms with Gasteiger partial charge in [0, 0.05) is 0 Å². The van der Waals surface area contributed by atoms with Crippen molar-refractivity contribution in [3.8, 4) is 11.7 Å². The standard InChI is InChI=1S/C26H20NPSe/c29-28(25-17-9-3-10-18-25,26-19-11-4-12-20-26)22-21-27(23-13-5-1-6-14-23)24-15-7-2-8-16-24/h1-20H. The Morgan fingerprint density at radius 1 is 0.517 bits per heavy atom. The first-order chi connectivity index (χ1) is 14.3. The molecule has 0 aliphatic heterocycles. The second-order valence-electron chi connectivity index (χ2n) is 6.51. The fraction of sp³-hybridized carbons (Fsp3) is 0. The van der Waals surface area contributed by atoms with Crippen molar-refractivity contribution in [1.82, 2.24) is 0 Å². The van der Waals surface area contributed by atoms with E-state index in [-0.39, 0.29) is 0 Å². The molecule has 0 spiro atoms. The molecule has 4 aromatic rings. The molecule has 0 aliphatic carbocycles. The minimum absolute atomic E-state index is 1.05. The Morgan fingerprint density at radius 2 is 0.862 bits per heavy atom. The summed E-state index contributed by atoms with van der Waals surface area (Å²) in [4.78, 5) is 2.07. The molecule has 0 N–H and O–H groups in total. The van der Waals surface area contributed by atoms with Crippen LogP contribution in [0.5, 0.6) is 0 Å². The molecule has 0 amide bonds. The molecule has 4 aromatic carbocycles. The van der Waals surface area contributed by atoms with E-state index in [9.17, 15) is 0 Å². The predicted octanol–water partition coefficient (Wildman–Crippen LogP) is 5.50. The Kier molecular flexibility index (Phi) is 6.14. The molecule has 29 heavy (non-hydrogen) atoms. The van der Waals surface area contributed by atoms with Gasteiger partial charge in [-0.3, -0.25) is 0 Å². The van der Waals surface area contributed by atoms with E-state index in [2.05, 4.69) is 105 Å². The average Bonchev–Trinajstić information content (AvgIpc) is 2.81. The van der Waals surface area contributed by atoms with Crippen LogP contribution in [0.3, 0.4) is 0 Å². The minimum atomic E-state index is -2.00. The third-order valence-corrected chi connectivity index (χ3v) is 10.3. The van der Waals surface area contributed by atoms with Gasteiger partial charge in [-0.05, 0) is 0 Å². The van der Waals surface area contributed by atoms with Gasteiger partial charge in [0.15, 0.2) is 0 Å². The van der Waals surface area contributed by atoms with Crippen LogP contribution < -0.4 is 15.5 Å². The van der Waals surface area contributed by atoms with Crippen LogP contribution in [0, 0.1) is 11.7 Å². The van der Waals surface area contributed by atoms with Gasteiger partial charge in [0.1, 0.15) is 0 Å². The quantitative estimate of drug-likeness (QED) is 0.170. The van der Waals surface area contributed by atoms with E-state index in [1.165, 1.54) is 10.6 Å². The summed E-state index contributed by atoms with van der Waals surface area (Å²) in [5, 5.41) is 2.47. The molecule has 0 fully saturated rings. The van der Waals surface area contributed by atoms with E-state index in [1.807, 2.05) is 48.5 Å². The molecule has 3 heteroatoms. The van der Waals surface area contributed by atoms with Crippen molar-refractivity contribution >= 4 is 42.6 Å². The van der Waals surface area contributed by atoms with Crippen molar-refractivity contribution < 1.29 is 0 Å². The summed E-state index contributed by atoms with van der Waals surface area (Å²) < 4.78 is 0. The van der Waals surface area contributed by atoms with Gasteiger partial charge in [0.05, 0.1) is 0 Å². The maximum absolute atomic E-state index is 3.66. The summed E-state index contributed by atoms with van der Waals surface area (Å²) in [7, 11) is 0. The molecule has 1 nitrogen and oxygen atoms in total. The number of rotatable bonds is 4. The Bertz CT molecular complexity index is 1080. The molecular formula is C26H20NPSe. The molecule has 0 aromatic heterocycles. The number of hydrogen-bond acceptors (Lipinski definition) is 1. The third kappa shape index (κ3) is 4.45. The van der Waals surface area contributed by atoms with Crippen molar-refractivity contribution in [2.24, 2.45) is 0 Å². The summed E-state index contributed by atoms with van der Waals surface area (Å²) in [5.74, 6) is 0. The molecule has 0 heterocycles. The van der Waals surface area contributed by atoms with Gasteiger partial charge in [-0.25, -0.2) is 0 Å². The van der Waals surface area contributed by atoms with Crippen LogP contribution in [0.15, 0.2) is 121 Å². The molecule has 0 unspecified atom stereocenters. The SMILES string of the molecule is [Se]=P(C#CN(c1ccccc1)c1ccccc1)(c1ccccc1)c1ccccc1. The Morgan fingerprint density at radius 3 is 1.24 bits per heavy atom. The van der Waals surface area contributed by atoms with Crippen LogP contribution in [0.1, 0.15) is 0 Å². The summed E-state index contributed by atoms with van der Waals surface area (Å²) in [6.45, 7) is 0. The first-order valence-corrected chi connectivity index (χ1v) is 13.4. The predicted molar refractivity (Wildman–Crippen MR) is 128 cm³/mol. The zero-order chi connectivity index (χ0) is 19.9. The van der Waals surface area contributed by atoms with Gasteiger partial charge in [-0.15, -0.1) is 0 Å². The number of hydrogen-bond donors (Lipinski definition) is 0. The van der Waals surface area contributed by atoms with Gasteiger partial charge in [-0.2, -0.15) is 0 Å². The van der Waals surface area contributed by atoms with E-state index in [1.54, 1.807) is 0 Å². The number of nitrogens with zero attached hydrogens (tertiary/aromatic N) is 1. The van der Waals surface area contributed by atoms with Crippen LogP contribution in [-0.4, -0.2) is 15.1 Å².